The summed E-state index contributed by atoms with van der Waals surface area (Å²) in [5.74, 6) is 0. The van der Waals surface area contributed by atoms with Crippen LogP contribution in [0.4, 0.5) is 5.69 Å². The van der Waals surface area contributed by atoms with Crippen LogP contribution in [0.5, 0.6) is 0 Å². The minimum Gasteiger partial charge on any atom is -0.353 e. The highest BCUT2D eigenvalue weighted by Gasteiger charge is 2.49. The van der Waals surface area contributed by atoms with Crippen molar-refractivity contribution in [3.63, 3.8) is 0 Å². The SMILES string of the molecule is Cc1ccc([C@@H]2[C@H](c3ccccc3)N2c2ccccc2)cc1. The van der Waals surface area contributed by atoms with Crippen molar-refractivity contribution in [3.8, 4) is 0 Å². The zero-order valence-corrected chi connectivity index (χ0v) is 12.7. The molecule has 1 saturated heterocycles. The Morgan fingerprint density at radius 3 is 1.68 bits per heavy atom. The average Bonchev–Trinajstić information content (AvgIpc) is 3.33. The molecule has 1 aliphatic heterocycles. The lowest BCUT2D eigenvalue weighted by Crippen LogP contribution is -1.95. The van der Waals surface area contributed by atoms with Gasteiger partial charge in [-0.1, -0.05) is 78.4 Å². The molecule has 1 heteroatoms. The zero-order chi connectivity index (χ0) is 14.9. The maximum absolute atomic E-state index is 2.50. The van der Waals surface area contributed by atoms with E-state index >= 15 is 0 Å². The van der Waals surface area contributed by atoms with Crippen molar-refractivity contribution >= 4 is 5.69 Å². The first kappa shape index (κ1) is 13.1. The van der Waals surface area contributed by atoms with Gasteiger partial charge in [0.05, 0.1) is 12.1 Å². The van der Waals surface area contributed by atoms with Gasteiger partial charge in [0.15, 0.2) is 0 Å². The number of hydrogen-bond donors (Lipinski definition) is 0. The van der Waals surface area contributed by atoms with Gasteiger partial charge in [-0.2, -0.15) is 0 Å². The first-order valence-corrected chi connectivity index (χ1v) is 7.79. The van der Waals surface area contributed by atoms with Crippen LogP contribution in [0.25, 0.3) is 0 Å². The Morgan fingerprint density at radius 1 is 0.591 bits per heavy atom. The van der Waals surface area contributed by atoms with Crippen molar-refractivity contribution < 1.29 is 0 Å². The van der Waals surface area contributed by atoms with Crippen LogP contribution in [-0.4, -0.2) is 0 Å². The summed E-state index contributed by atoms with van der Waals surface area (Å²) in [6.45, 7) is 2.14. The van der Waals surface area contributed by atoms with Crippen LogP contribution in [0, 0.1) is 6.92 Å². The molecule has 0 bridgehead atoms. The molecule has 0 saturated carbocycles. The molecule has 0 aliphatic carbocycles. The Hall–Kier alpha value is -2.54. The van der Waals surface area contributed by atoms with Gasteiger partial charge in [0.1, 0.15) is 0 Å². The molecule has 108 valence electrons. The highest BCUT2D eigenvalue weighted by Crippen LogP contribution is 2.56. The number of aryl methyl sites for hydroxylation is 1. The largest absolute Gasteiger partial charge is 0.353 e. The van der Waals surface area contributed by atoms with Crippen molar-refractivity contribution in [2.24, 2.45) is 0 Å². The molecule has 1 fully saturated rings. The molecule has 0 spiro atoms. The van der Waals surface area contributed by atoms with Crippen LogP contribution >= 0.6 is 0 Å². The van der Waals surface area contributed by atoms with Crippen LogP contribution in [0.2, 0.25) is 0 Å². The van der Waals surface area contributed by atoms with E-state index in [-0.39, 0.29) is 0 Å². The fraction of sp³-hybridized carbons (Fsp3) is 0.143. The standard InChI is InChI=1S/C21H19N/c1-16-12-14-18(15-13-16)21-20(17-8-4-2-5-9-17)22(21)19-10-6-3-7-11-19/h2-15,20-21H,1H3/t20-,21+,22?/m0/s1. The third-order valence-electron chi connectivity index (χ3n) is 4.42. The number of hydrogen-bond acceptors (Lipinski definition) is 1. The summed E-state index contributed by atoms with van der Waals surface area (Å²) in [7, 11) is 0. The molecule has 0 radical (unpaired) electrons. The number of anilines is 1. The van der Waals surface area contributed by atoms with Crippen LogP contribution < -0.4 is 4.90 Å². The quantitative estimate of drug-likeness (QED) is 0.590. The fourth-order valence-corrected chi connectivity index (χ4v) is 3.25. The highest BCUT2D eigenvalue weighted by molar-refractivity contribution is 5.61. The van der Waals surface area contributed by atoms with Crippen molar-refractivity contribution in [1.29, 1.82) is 0 Å². The van der Waals surface area contributed by atoms with Gasteiger partial charge in [0.2, 0.25) is 0 Å². The van der Waals surface area contributed by atoms with Crippen LogP contribution in [0.15, 0.2) is 84.9 Å². The summed E-state index contributed by atoms with van der Waals surface area (Å²) in [6.07, 6.45) is 0. The fourth-order valence-electron chi connectivity index (χ4n) is 3.25. The summed E-state index contributed by atoms with van der Waals surface area (Å²) in [5, 5.41) is 0. The van der Waals surface area contributed by atoms with Crippen LogP contribution in [-0.2, 0) is 0 Å². The molecule has 0 aromatic heterocycles. The molecule has 0 unspecified atom stereocenters. The minimum absolute atomic E-state index is 0.436. The normalized spacial score (nSPS) is 20.0. The summed E-state index contributed by atoms with van der Waals surface area (Å²) < 4.78 is 0. The first-order valence-electron chi connectivity index (χ1n) is 7.79. The topological polar surface area (TPSA) is 3.01 Å². The van der Waals surface area contributed by atoms with Crippen molar-refractivity contribution in [2.45, 2.75) is 19.0 Å². The third kappa shape index (κ3) is 2.29. The van der Waals surface area contributed by atoms with E-state index in [1.807, 2.05) is 0 Å². The highest BCUT2D eigenvalue weighted by atomic mass is 15.4. The smallest absolute Gasteiger partial charge is 0.0795 e. The average molecular weight is 285 g/mol. The second kappa shape index (κ2) is 5.34. The lowest BCUT2D eigenvalue weighted by atomic mass is 10.0. The second-order valence-corrected chi connectivity index (χ2v) is 5.95. The number of nitrogens with zero attached hydrogens (tertiary/aromatic N) is 1. The molecule has 22 heavy (non-hydrogen) atoms. The molecule has 2 atom stereocenters. The molecular weight excluding hydrogens is 266 g/mol. The zero-order valence-electron chi connectivity index (χ0n) is 12.7. The van der Waals surface area contributed by atoms with Gasteiger partial charge in [0.25, 0.3) is 0 Å². The van der Waals surface area contributed by atoms with Crippen molar-refractivity contribution in [1.82, 2.24) is 0 Å². The molecule has 1 aliphatic rings. The van der Waals surface area contributed by atoms with E-state index in [1.54, 1.807) is 0 Å². The molecule has 1 nitrogen and oxygen atoms in total. The summed E-state index contributed by atoms with van der Waals surface area (Å²) in [5.41, 5.74) is 5.38. The van der Waals surface area contributed by atoms with Gasteiger partial charge < -0.3 is 4.90 Å². The van der Waals surface area contributed by atoms with E-state index in [4.69, 9.17) is 0 Å². The van der Waals surface area contributed by atoms with Crippen molar-refractivity contribution in [3.05, 3.63) is 102 Å². The molecular formula is C21H19N. The molecule has 4 rings (SSSR count). The van der Waals surface area contributed by atoms with E-state index in [0.717, 1.165) is 0 Å². The maximum Gasteiger partial charge on any atom is 0.0795 e. The summed E-state index contributed by atoms with van der Waals surface area (Å²) >= 11 is 0. The monoisotopic (exact) mass is 285 g/mol. The Morgan fingerprint density at radius 2 is 1.09 bits per heavy atom. The second-order valence-electron chi connectivity index (χ2n) is 5.95. The molecule has 0 N–H and O–H groups in total. The molecule has 1 heterocycles. The van der Waals surface area contributed by atoms with Crippen LogP contribution in [0.1, 0.15) is 28.8 Å². The molecule has 0 amide bonds. The molecule has 3 aromatic carbocycles. The predicted molar refractivity (Wildman–Crippen MR) is 92.0 cm³/mol. The van der Waals surface area contributed by atoms with Gasteiger partial charge in [-0.05, 0) is 30.2 Å². The number of benzene rings is 3. The van der Waals surface area contributed by atoms with Gasteiger partial charge in [0, 0.05) is 5.69 Å². The van der Waals surface area contributed by atoms with E-state index in [0.29, 0.717) is 12.1 Å². The predicted octanol–water partition coefficient (Wildman–Crippen LogP) is 5.30. The Kier molecular flexibility index (Phi) is 3.19. The Labute approximate surface area is 131 Å². The summed E-state index contributed by atoms with van der Waals surface area (Å²) in [6, 6.07) is 31.3. The van der Waals surface area contributed by atoms with E-state index in [9.17, 15) is 0 Å². The maximum atomic E-state index is 2.50. The summed E-state index contributed by atoms with van der Waals surface area (Å²) in [4.78, 5) is 2.50. The minimum atomic E-state index is 0.436. The van der Waals surface area contributed by atoms with Crippen LogP contribution in [0.3, 0.4) is 0 Å². The van der Waals surface area contributed by atoms with Gasteiger partial charge in [-0.3, -0.25) is 0 Å². The van der Waals surface area contributed by atoms with E-state index in [2.05, 4.69) is 96.8 Å². The first-order chi connectivity index (χ1) is 10.8. The number of rotatable bonds is 3. The lowest BCUT2D eigenvalue weighted by Gasteiger charge is -2.06. The Bertz CT molecular complexity index is 701. The van der Waals surface area contributed by atoms with E-state index < -0.39 is 0 Å². The third-order valence-corrected chi connectivity index (χ3v) is 4.42. The Balaban J connectivity index is 1.73. The van der Waals surface area contributed by atoms with E-state index in [1.165, 1.54) is 22.4 Å². The lowest BCUT2D eigenvalue weighted by molar-refractivity contribution is 1.02. The number of para-hydroxylation sites is 1. The van der Waals surface area contributed by atoms with Gasteiger partial charge >= 0.3 is 0 Å². The van der Waals surface area contributed by atoms with Gasteiger partial charge in [-0.25, -0.2) is 0 Å². The molecule has 3 aromatic rings. The van der Waals surface area contributed by atoms with Crippen molar-refractivity contribution in [2.75, 3.05) is 4.90 Å². The van der Waals surface area contributed by atoms with Gasteiger partial charge in [-0.15, -0.1) is 0 Å².